The number of amides is 1. The Morgan fingerprint density at radius 3 is 1.16 bits per heavy atom. The molecule has 0 aliphatic carbocycles. The lowest BCUT2D eigenvalue weighted by molar-refractivity contribution is -0.870. The molecule has 76 heavy (non-hydrogen) atoms. The summed E-state index contributed by atoms with van der Waals surface area (Å²) >= 11 is 0. The van der Waals surface area contributed by atoms with Crippen molar-refractivity contribution in [2.24, 2.45) is 0 Å². The SMILES string of the molecule is CC/C=C\C/C=C\C/C=C\C/C=C\C/C=C\C/C=C\C/C=C\CCCCCCCCCCCCCCCCCCCCCC(=O)NC(COP(=O)(O)OCC[N+](C)(C)C)C(O)CCCCCCCCCCCCCCC. The number of likely N-dealkylation sites (N-methyl/N-ethyl adjacent to an activating group) is 1. The molecule has 0 aliphatic rings. The van der Waals surface area contributed by atoms with E-state index in [4.69, 9.17) is 9.05 Å². The summed E-state index contributed by atoms with van der Waals surface area (Å²) in [6.07, 6.45) is 81.0. The van der Waals surface area contributed by atoms with E-state index in [1.165, 1.54) is 173 Å². The summed E-state index contributed by atoms with van der Waals surface area (Å²) in [6.45, 7) is 4.78. The molecule has 8 nitrogen and oxygen atoms in total. The molecule has 0 saturated carbocycles. The number of hydrogen-bond donors (Lipinski definition) is 3. The first kappa shape index (κ1) is 73.7. The van der Waals surface area contributed by atoms with Gasteiger partial charge in [0.05, 0.1) is 39.9 Å². The number of nitrogens with zero attached hydrogens (tertiary/aromatic N) is 1. The van der Waals surface area contributed by atoms with Crippen molar-refractivity contribution < 1.29 is 32.9 Å². The minimum absolute atomic E-state index is 0.0742. The van der Waals surface area contributed by atoms with Gasteiger partial charge in [-0.2, -0.15) is 0 Å². The summed E-state index contributed by atoms with van der Waals surface area (Å²) in [5, 5.41) is 14.0. The molecule has 0 heterocycles. The van der Waals surface area contributed by atoms with E-state index in [9.17, 15) is 19.4 Å². The molecule has 0 radical (unpaired) electrons. The van der Waals surface area contributed by atoms with Gasteiger partial charge >= 0.3 is 7.82 Å². The number of aliphatic hydroxyl groups excluding tert-OH is 1. The molecule has 0 aromatic heterocycles. The highest BCUT2D eigenvalue weighted by Crippen LogP contribution is 2.43. The summed E-state index contributed by atoms with van der Waals surface area (Å²) in [4.78, 5) is 23.3. The minimum atomic E-state index is -4.32. The van der Waals surface area contributed by atoms with Gasteiger partial charge in [0.25, 0.3) is 0 Å². The number of rotatable bonds is 58. The third-order valence-electron chi connectivity index (χ3n) is 14.2. The van der Waals surface area contributed by atoms with Crippen LogP contribution in [-0.4, -0.2) is 73.4 Å². The zero-order valence-corrected chi connectivity index (χ0v) is 51.4. The lowest BCUT2D eigenvalue weighted by Gasteiger charge is -2.26. The smallest absolute Gasteiger partial charge is 0.391 e. The Morgan fingerprint density at radius 2 is 0.789 bits per heavy atom. The summed E-state index contributed by atoms with van der Waals surface area (Å²) in [7, 11) is 1.62. The molecule has 3 N–H and O–H groups in total. The van der Waals surface area contributed by atoms with Crippen LogP contribution in [-0.2, 0) is 18.4 Å². The molecule has 0 rings (SSSR count). The molecular formula is C67H124N2O6P+. The van der Waals surface area contributed by atoms with Gasteiger partial charge in [-0.15, -0.1) is 0 Å². The largest absolute Gasteiger partial charge is 0.472 e. The summed E-state index contributed by atoms with van der Waals surface area (Å²) in [6, 6.07) is -0.761. The maximum atomic E-state index is 13.0. The van der Waals surface area contributed by atoms with Gasteiger partial charge in [-0.1, -0.05) is 292 Å². The number of phosphoric acid groups is 1. The Balaban J connectivity index is 3.90. The van der Waals surface area contributed by atoms with E-state index in [2.05, 4.69) is 104 Å². The van der Waals surface area contributed by atoms with Crippen molar-refractivity contribution in [2.75, 3.05) is 40.9 Å². The van der Waals surface area contributed by atoms with Gasteiger partial charge in [0.2, 0.25) is 5.91 Å². The van der Waals surface area contributed by atoms with Crippen LogP contribution in [0.2, 0.25) is 0 Å². The summed E-state index contributed by atoms with van der Waals surface area (Å²) in [5.41, 5.74) is 0. The second-order valence-corrected chi connectivity index (χ2v) is 24.2. The Bertz CT molecular complexity index is 1510. The Hall–Kier alpha value is -2.32. The van der Waals surface area contributed by atoms with Crippen LogP contribution in [0.25, 0.3) is 0 Å². The lowest BCUT2D eigenvalue weighted by atomic mass is 10.0. The molecule has 3 unspecified atom stereocenters. The normalized spacial score (nSPS) is 14.4. The predicted molar refractivity (Wildman–Crippen MR) is 332 cm³/mol. The first-order valence-corrected chi connectivity index (χ1v) is 33.4. The maximum absolute atomic E-state index is 13.0. The van der Waals surface area contributed by atoms with E-state index in [1.807, 2.05) is 21.1 Å². The van der Waals surface area contributed by atoms with Crippen LogP contribution in [0.3, 0.4) is 0 Å². The number of phosphoric ester groups is 1. The minimum Gasteiger partial charge on any atom is -0.391 e. The molecule has 0 aromatic carbocycles. The number of hydrogen-bond acceptors (Lipinski definition) is 5. The first-order valence-electron chi connectivity index (χ1n) is 32.0. The predicted octanol–water partition coefficient (Wildman–Crippen LogP) is 20.0. The monoisotopic (exact) mass is 1080 g/mol. The Kier molecular flexibility index (Phi) is 55.6. The molecule has 0 aromatic rings. The lowest BCUT2D eigenvalue weighted by Crippen LogP contribution is -2.46. The molecule has 0 fully saturated rings. The average Bonchev–Trinajstić information content (AvgIpc) is 3.38. The number of carbonyl (C=O) groups is 1. The van der Waals surface area contributed by atoms with E-state index in [1.54, 1.807) is 0 Å². The van der Waals surface area contributed by atoms with Crippen molar-refractivity contribution in [3.63, 3.8) is 0 Å². The molecule has 0 saturated heterocycles. The van der Waals surface area contributed by atoms with Crippen molar-refractivity contribution in [2.45, 2.75) is 296 Å². The third kappa shape index (κ3) is 59.3. The number of nitrogens with one attached hydrogen (secondary N) is 1. The van der Waals surface area contributed by atoms with E-state index < -0.39 is 20.0 Å². The van der Waals surface area contributed by atoms with Gasteiger partial charge in [-0.25, -0.2) is 4.57 Å². The molecule has 442 valence electrons. The van der Waals surface area contributed by atoms with Gasteiger partial charge in [0.15, 0.2) is 0 Å². The molecular weight excluding hydrogens is 960 g/mol. The van der Waals surface area contributed by atoms with Crippen molar-refractivity contribution in [1.82, 2.24) is 5.32 Å². The average molecular weight is 1080 g/mol. The summed E-state index contributed by atoms with van der Waals surface area (Å²) < 4.78 is 23.8. The van der Waals surface area contributed by atoms with Crippen LogP contribution in [0.15, 0.2) is 85.1 Å². The van der Waals surface area contributed by atoms with Gasteiger partial charge in [-0.05, 0) is 70.6 Å². The van der Waals surface area contributed by atoms with Crippen molar-refractivity contribution in [3.8, 4) is 0 Å². The zero-order valence-electron chi connectivity index (χ0n) is 50.5. The fourth-order valence-electron chi connectivity index (χ4n) is 9.21. The van der Waals surface area contributed by atoms with Crippen molar-refractivity contribution >= 4 is 13.7 Å². The second-order valence-electron chi connectivity index (χ2n) is 22.8. The van der Waals surface area contributed by atoms with Crippen LogP contribution in [0.5, 0.6) is 0 Å². The van der Waals surface area contributed by atoms with Crippen LogP contribution >= 0.6 is 7.82 Å². The van der Waals surface area contributed by atoms with Gasteiger partial charge in [0, 0.05) is 6.42 Å². The quantitative estimate of drug-likeness (QED) is 0.0243. The fourth-order valence-corrected chi connectivity index (χ4v) is 9.94. The van der Waals surface area contributed by atoms with E-state index in [0.29, 0.717) is 23.9 Å². The number of quaternary nitrogens is 1. The topological polar surface area (TPSA) is 105 Å². The number of allylic oxidation sites excluding steroid dienone is 14. The highest BCUT2D eigenvalue weighted by molar-refractivity contribution is 7.47. The molecule has 0 spiro atoms. The maximum Gasteiger partial charge on any atom is 0.472 e. The molecule has 0 bridgehead atoms. The van der Waals surface area contributed by atoms with Crippen LogP contribution in [0.1, 0.15) is 284 Å². The number of carbonyl (C=O) groups excluding carboxylic acids is 1. The first-order chi connectivity index (χ1) is 37.0. The van der Waals surface area contributed by atoms with Gasteiger partial charge in [0.1, 0.15) is 13.2 Å². The summed E-state index contributed by atoms with van der Waals surface area (Å²) in [5.74, 6) is -0.143. The van der Waals surface area contributed by atoms with Crippen LogP contribution in [0.4, 0.5) is 0 Å². The van der Waals surface area contributed by atoms with E-state index in [-0.39, 0.29) is 19.1 Å². The van der Waals surface area contributed by atoms with Gasteiger partial charge < -0.3 is 19.8 Å². The standard InChI is InChI=1S/C67H123N2O6P/c1-6-8-10-12-14-16-18-20-21-22-23-24-25-26-27-28-29-30-31-32-33-34-35-36-37-38-39-40-41-42-43-44-45-46-47-49-51-53-55-57-59-61-67(71)68-65(64-75-76(72,73)74-63-62-69(3,4)5)66(70)60-58-56-54-52-50-48-19-17-15-13-11-9-7-2/h8,10,14,16,20-21,23-24,26-27,29-30,32-33,65-66,70H,6-7,9,11-13,15,17-19,22,25,28,31,34-64H2,1-5H3,(H-,68,71,72,73)/p+1/b10-8-,16-14-,21-20-,24-23-,27-26-,30-29-,33-32-. The third-order valence-corrected chi connectivity index (χ3v) is 15.1. The highest BCUT2D eigenvalue weighted by atomic mass is 31.2. The van der Waals surface area contributed by atoms with Crippen molar-refractivity contribution in [3.05, 3.63) is 85.1 Å². The molecule has 1 amide bonds. The number of aliphatic hydroxyl groups is 1. The van der Waals surface area contributed by atoms with Crippen molar-refractivity contribution in [1.29, 1.82) is 0 Å². The highest BCUT2D eigenvalue weighted by Gasteiger charge is 2.28. The van der Waals surface area contributed by atoms with Crippen LogP contribution < -0.4 is 5.32 Å². The Morgan fingerprint density at radius 1 is 0.461 bits per heavy atom. The number of unbranched alkanes of at least 4 members (excludes halogenated alkanes) is 31. The fraction of sp³-hybridized carbons (Fsp3) is 0.776. The zero-order chi connectivity index (χ0) is 55.6. The molecule has 0 aliphatic heterocycles. The Labute approximate surface area is 471 Å². The molecule has 3 atom stereocenters. The molecule has 9 heteroatoms. The second kappa shape index (κ2) is 57.4. The van der Waals surface area contributed by atoms with Crippen LogP contribution in [0, 0.1) is 0 Å². The van der Waals surface area contributed by atoms with E-state index in [0.717, 1.165) is 83.5 Å². The van der Waals surface area contributed by atoms with Gasteiger partial charge in [-0.3, -0.25) is 13.8 Å². The van der Waals surface area contributed by atoms with E-state index >= 15 is 0 Å².